The molecular formula is C29H26B5F3N4O9. The molecule has 6 atom stereocenters. The average molecular weight is 686 g/mol. The number of benzene rings is 1. The number of fused-ring (bicyclic) bond motifs is 1. The molecule has 10 radical (unpaired) electrons. The van der Waals surface area contributed by atoms with Crippen molar-refractivity contribution >= 4 is 57.0 Å². The molecule has 4 aliphatic rings. The minimum Gasteiger partial charge on any atom is -0.394 e. The summed E-state index contributed by atoms with van der Waals surface area (Å²) in [6, 6.07) is 5.46. The van der Waals surface area contributed by atoms with Gasteiger partial charge in [0, 0.05) is 26.1 Å². The minimum absolute atomic E-state index is 0.0167. The van der Waals surface area contributed by atoms with Gasteiger partial charge in [-0.3, -0.25) is 29.6 Å². The number of halogens is 3. The van der Waals surface area contributed by atoms with Crippen LogP contribution in [0.4, 0.5) is 13.2 Å². The lowest BCUT2D eigenvalue weighted by Gasteiger charge is -2.71. The Morgan fingerprint density at radius 1 is 0.980 bits per heavy atom. The second kappa shape index (κ2) is 11.7. The van der Waals surface area contributed by atoms with E-state index >= 15 is 0 Å². The van der Waals surface area contributed by atoms with Crippen molar-refractivity contribution in [3.8, 4) is 0 Å². The molecule has 6 rings (SSSR count). The summed E-state index contributed by atoms with van der Waals surface area (Å²) in [5, 5.41) is 47.2. The highest BCUT2D eigenvalue weighted by Gasteiger charge is 2.81. The molecule has 4 aliphatic heterocycles. The fourth-order valence-electron chi connectivity index (χ4n) is 7.37. The third kappa shape index (κ3) is 5.27. The zero-order valence-corrected chi connectivity index (χ0v) is 26.2. The molecule has 5 heterocycles. The van der Waals surface area contributed by atoms with Crippen molar-refractivity contribution in [2.45, 2.75) is 72.3 Å². The van der Waals surface area contributed by atoms with Crippen LogP contribution < -0.4 is 5.32 Å². The van der Waals surface area contributed by atoms with E-state index in [0.717, 1.165) is 18.2 Å². The van der Waals surface area contributed by atoms with E-state index in [1.807, 2.05) is 0 Å². The number of likely N-dealkylation sites (tertiary alicyclic amines) is 1. The number of rotatable bonds is 5. The first kappa shape index (κ1) is 36.6. The van der Waals surface area contributed by atoms with Crippen molar-refractivity contribution in [2.24, 2.45) is 5.41 Å². The number of aromatic nitrogens is 1. The second-order valence-electron chi connectivity index (χ2n) is 13.2. The molecule has 0 saturated carbocycles. The van der Waals surface area contributed by atoms with Gasteiger partial charge in [0.05, 0.1) is 63.5 Å². The smallest absolute Gasteiger partial charge is 0.394 e. The number of carbonyl (C=O) groups excluding carboxylic acids is 3. The molecule has 252 valence electrons. The molecule has 1 aromatic carbocycles. The van der Waals surface area contributed by atoms with Gasteiger partial charge in [-0.05, 0) is 42.7 Å². The average Bonchev–Trinajstić information content (AvgIpc) is 3.34. The van der Waals surface area contributed by atoms with Crippen LogP contribution in [0.5, 0.6) is 0 Å². The molecule has 21 heteroatoms. The maximum atomic E-state index is 13.4. The van der Waals surface area contributed by atoms with E-state index in [4.69, 9.17) is 44.1 Å². The predicted octanol–water partition coefficient (Wildman–Crippen LogP) is -2.16. The highest BCUT2D eigenvalue weighted by molar-refractivity contribution is 6.59. The lowest BCUT2D eigenvalue weighted by Crippen LogP contribution is -2.87. The Morgan fingerprint density at radius 3 is 2.24 bits per heavy atom. The van der Waals surface area contributed by atoms with Gasteiger partial charge in [-0.15, -0.1) is 0 Å². The predicted molar refractivity (Wildman–Crippen MR) is 166 cm³/mol. The van der Waals surface area contributed by atoms with Crippen LogP contribution in [0.15, 0.2) is 36.4 Å². The zero-order chi connectivity index (χ0) is 36.9. The monoisotopic (exact) mass is 686 g/mol. The molecule has 2 aromatic rings. The molecule has 13 nitrogen and oxygen atoms in total. The molecule has 6 unspecified atom stereocenters. The Kier molecular flexibility index (Phi) is 8.54. The molecule has 5 N–H and O–H groups in total. The number of amides is 3. The summed E-state index contributed by atoms with van der Waals surface area (Å²) in [4.78, 5) is 54.4. The molecule has 3 saturated heterocycles. The van der Waals surface area contributed by atoms with Crippen molar-refractivity contribution in [3.63, 3.8) is 0 Å². The van der Waals surface area contributed by atoms with E-state index in [9.17, 15) is 48.0 Å². The van der Waals surface area contributed by atoms with Crippen molar-refractivity contribution in [1.29, 1.82) is 0 Å². The van der Waals surface area contributed by atoms with Crippen LogP contribution in [-0.4, -0.2) is 128 Å². The topological polar surface area (TPSA) is 182 Å². The molecule has 3 fully saturated rings. The summed E-state index contributed by atoms with van der Waals surface area (Å²) in [7, 11) is 30.1. The van der Waals surface area contributed by atoms with Crippen molar-refractivity contribution in [3.05, 3.63) is 64.5 Å². The van der Waals surface area contributed by atoms with Crippen LogP contribution >= 0.6 is 0 Å². The van der Waals surface area contributed by atoms with Gasteiger partial charge in [0.25, 0.3) is 5.91 Å². The summed E-state index contributed by atoms with van der Waals surface area (Å²) in [5.41, 5.74) is -13.6. The molecule has 1 aromatic heterocycles. The number of nitrogens with one attached hydrogen (secondary N) is 1. The third-order valence-corrected chi connectivity index (χ3v) is 10.1. The lowest BCUT2D eigenvalue weighted by atomic mass is 9.30. The molecular weight excluding hydrogens is 659 g/mol. The van der Waals surface area contributed by atoms with Gasteiger partial charge < -0.3 is 25.3 Å². The number of carbonyl (C=O) groups is 3. The maximum Gasteiger partial charge on any atom is 0.416 e. The normalized spacial score (nSPS) is 35.3. The third-order valence-electron chi connectivity index (χ3n) is 10.1. The van der Waals surface area contributed by atoms with Gasteiger partial charge in [0.15, 0.2) is 19.3 Å². The van der Waals surface area contributed by atoms with Gasteiger partial charge >= 0.3 is 6.18 Å². The van der Waals surface area contributed by atoms with E-state index in [-0.39, 0.29) is 49.4 Å². The van der Waals surface area contributed by atoms with Crippen LogP contribution in [0.1, 0.15) is 52.1 Å². The van der Waals surface area contributed by atoms with E-state index in [1.165, 1.54) is 28.0 Å². The largest absolute Gasteiger partial charge is 0.416 e. The van der Waals surface area contributed by atoms with Gasteiger partial charge in [-0.2, -0.15) is 18.1 Å². The quantitative estimate of drug-likeness (QED) is 0.132. The SMILES string of the molecule is [B]C([B])([B])C1(O)OOC([B])(O)C([B])(O)C12CN(Cc1ccc(C(F)(F)F)cc1)CCC2(O)c1ccc2c(n1)CN(C1CCC(=O)NC1=O)C2=O. The Bertz CT molecular complexity index is 1750. The molecule has 0 bridgehead atoms. The number of hydrogen-bond donors (Lipinski definition) is 5. The number of imide groups is 1. The first-order valence-corrected chi connectivity index (χ1v) is 15.2. The first-order chi connectivity index (χ1) is 23.0. The number of hydrogen-bond acceptors (Lipinski definition) is 11. The van der Waals surface area contributed by atoms with Crippen molar-refractivity contribution in [1.82, 2.24) is 20.1 Å². The highest BCUT2D eigenvalue weighted by Crippen LogP contribution is 2.66. The molecule has 50 heavy (non-hydrogen) atoms. The number of nitrogens with zero attached hydrogens (tertiary/aromatic N) is 3. The van der Waals surface area contributed by atoms with Crippen LogP contribution in [0.2, 0.25) is 5.11 Å². The summed E-state index contributed by atoms with van der Waals surface area (Å²) < 4.78 is 39.6. The fraction of sp³-hybridized carbons (Fsp3) is 0.517. The maximum absolute atomic E-state index is 13.4. The van der Waals surface area contributed by atoms with Gasteiger partial charge in [0.2, 0.25) is 11.8 Å². The van der Waals surface area contributed by atoms with Gasteiger partial charge in [-0.25, -0.2) is 4.89 Å². The van der Waals surface area contributed by atoms with Crippen LogP contribution in [0, 0.1) is 5.41 Å². The number of piperidine rings is 2. The number of alkyl halides is 3. The Balaban J connectivity index is 1.46. The Morgan fingerprint density at radius 2 is 1.64 bits per heavy atom. The molecule has 3 amide bonds. The van der Waals surface area contributed by atoms with E-state index in [1.54, 1.807) is 0 Å². The first-order valence-electron chi connectivity index (χ1n) is 15.2. The zero-order valence-electron chi connectivity index (χ0n) is 26.2. The fourth-order valence-corrected chi connectivity index (χ4v) is 7.37. The Labute approximate surface area is 289 Å². The summed E-state index contributed by atoms with van der Waals surface area (Å²) >= 11 is 0. The van der Waals surface area contributed by atoms with E-state index in [2.05, 4.69) is 15.2 Å². The van der Waals surface area contributed by atoms with Gasteiger partial charge in [-0.1, -0.05) is 17.2 Å². The molecule has 1 spiro atoms. The van der Waals surface area contributed by atoms with Crippen molar-refractivity contribution in [2.75, 3.05) is 13.1 Å². The van der Waals surface area contributed by atoms with Crippen LogP contribution in [-0.2, 0) is 44.2 Å². The summed E-state index contributed by atoms with van der Waals surface area (Å²) in [6.07, 6.45) is -5.12. The Hall–Kier alpha value is -3.19. The summed E-state index contributed by atoms with van der Waals surface area (Å²) in [6.45, 7) is -1.41. The standard InChI is InChI=1S/C29H26B5F3N4O9/c30-26(46)24(27(47,28(31,32)33)49-50-29(26,34)48)13-40(11-14-1-3-15(4-2-14)25(35,36)37)10-9-23(24,45)19-7-5-16-17(38-19)12-41(22(16)44)18-6-8-20(42)39-21(18)43/h1-5,7,18,45-48H,6,8-13H2,(H,39,42,43). The van der Waals surface area contributed by atoms with E-state index < -0.39 is 81.6 Å². The van der Waals surface area contributed by atoms with Crippen LogP contribution in [0.25, 0.3) is 0 Å². The van der Waals surface area contributed by atoms with E-state index in [0.29, 0.717) is 5.56 Å². The van der Waals surface area contributed by atoms with Crippen LogP contribution in [0.3, 0.4) is 0 Å². The second-order valence-corrected chi connectivity index (χ2v) is 13.2. The summed E-state index contributed by atoms with van der Waals surface area (Å²) in [5.74, 6) is -5.24. The van der Waals surface area contributed by atoms with Gasteiger partial charge in [0.1, 0.15) is 19.5 Å². The number of pyridine rings is 1. The number of aliphatic hydroxyl groups is 4. The van der Waals surface area contributed by atoms with Crippen molar-refractivity contribution < 1.29 is 57.8 Å². The lowest BCUT2D eigenvalue weighted by molar-refractivity contribution is -0.574. The minimum atomic E-state index is -4.61. The molecule has 0 aliphatic carbocycles. The highest BCUT2D eigenvalue weighted by atomic mass is 19.4.